The molecule has 3 heterocycles. The monoisotopic (exact) mass is 369 g/mol. The predicted molar refractivity (Wildman–Crippen MR) is 92.8 cm³/mol. The Morgan fingerprint density at radius 3 is 2.73 bits per heavy atom. The number of hydrogen-bond donors (Lipinski definition) is 1. The molecule has 26 heavy (non-hydrogen) atoms. The number of rotatable bonds is 5. The van der Waals surface area contributed by atoms with Crippen LogP contribution in [0, 0.1) is 0 Å². The lowest BCUT2D eigenvalue weighted by molar-refractivity contribution is -0.00732. The first-order valence-electron chi connectivity index (χ1n) is 9.21. The summed E-state index contributed by atoms with van der Waals surface area (Å²) >= 11 is 0. The van der Waals surface area contributed by atoms with E-state index >= 15 is 0 Å². The molecular weight excluding hydrogens is 341 g/mol. The SMILES string of the molecule is COCCn1nc2c(c1C(=O)N1CCC(F)(CO)CC1)C[C@H](C)O[C@@H]2C. The van der Waals surface area contributed by atoms with Crippen LogP contribution in [0.5, 0.6) is 0 Å². The van der Waals surface area contributed by atoms with Gasteiger partial charge in [0.1, 0.15) is 11.4 Å². The Labute approximate surface area is 153 Å². The van der Waals surface area contributed by atoms with Gasteiger partial charge in [0.25, 0.3) is 5.91 Å². The molecular formula is C18H28FN3O4. The maximum Gasteiger partial charge on any atom is 0.272 e. The average molecular weight is 369 g/mol. The van der Waals surface area contributed by atoms with Crippen molar-refractivity contribution >= 4 is 5.91 Å². The van der Waals surface area contributed by atoms with E-state index in [1.54, 1.807) is 16.7 Å². The first-order chi connectivity index (χ1) is 12.4. The molecule has 2 aliphatic heterocycles. The Morgan fingerprint density at radius 1 is 1.42 bits per heavy atom. The molecule has 0 bridgehead atoms. The highest BCUT2D eigenvalue weighted by atomic mass is 19.1. The average Bonchev–Trinajstić information content (AvgIpc) is 2.98. The van der Waals surface area contributed by atoms with Crippen LogP contribution in [0.2, 0.25) is 0 Å². The van der Waals surface area contributed by atoms with Gasteiger partial charge in [-0.25, -0.2) is 4.39 Å². The molecule has 1 aromatic heterocycles. The molecule has 1 N–H and O–H groups in total. The van der Waals surface area contributed by atoms with Crippen LogP contribution in [0.1, 0.15) is 54.5 Å². The fourth-order valence-corrected chi connectivity index (χ4v) is 3.79. The maximum atomic E-state index is 14.3. The third kappa shape index (κ3) is 3.63. The van der Waals surface area contributed by atoms with Crippen molar-refractivity contribution in [2.45, 2.75) is 57.5 Å². The number of carbonyl (C=O) groups excluding carboxylic acids is 1. The number of aromatic nitrogens is 2. The number of piperidine rings is 1. The molecule has 8 heteroatoms. The third-order valence-electron chi connectivity index (χ3n) is 5.33. The number of aliphatic hydroxyl groups is 1. The summed E-state index contributed by atoms with van der Waals surface area (Å²) in [6.07, 6.45) is 0.779. The standard InChI is InChI=1S/C18H28FN3O4/c1-12-10-14-15(13(2)26-12)20-22(8-9-25-3)16(14)17(24)21-6-4-18(19,11-23)5-7-21/h12-13,23H,4-11H2,1-3H3/t12-,13+/m0/s1. The first kappa shape index (κ1) is 19.3. The van der Waals surface area contributed by atoms with Crippen LogP contribution in [0.3, 0.4) is 0 Å². The number of amides is 1. The minimum atomic E-state index is -1.58. The van der Waals surface area contributed by atoms with E-state index in [9.17, 15) is 14.3 Å². The number of methoxy groups -OCH3 is 1. The molecule has 0 aromatic carbocycles. The Bertz CT molecular complexity index is 655. The molecule has 0 unspecified atom stereocenters. The van der Waals surface area contributed by atoms with Gasteiger partial charge < -0.3 is 19.5 Å². The van der Waals surface area contributed by atoms with Crippen LogP contribution in [0.4, 0.5) is 4.39 Å². The largest absolute Gasteiger partial charge is 0.393 e. The highest BCUT2D eigenvalue weighted by molar-refractivity contribution is 5.94. The van der Waals surface area contributed by atoms with Crippen LogP contribution < -0.4 is 0 Å². The number of aliphatic hydroxyl groups excluding tert-OH is 1. The normalized spacial score (nSPS) is 25.2. The predicted octanol–water partition coefficient (Wildman–Crippen LogP) is 1.49. The van der Waals surface area contributed by atoms with Crippen LogP contribution in [0.15, 0.2) is 0 Å². The van der Waals surface area contributed by atoms with Crippen LogP contribution in [-0.4, -0.2) is 70.9 Å². The second-order valence-corrected chi connectivity index (χ2v) is 7.32. The summed E-state index contributed by atoms with van der Waals surface area (Å²) in [5, 5.41) is 13.8. The quantitative estimate of drug-likeness (QED) is 0.851. The zero-order chi connectivity index (χ0) is 18.9. The van der Waals surface area contributed by atoms with Gasteiger partial charge in [0.05, 0.1) is 37.7 Å². The molecule has 7 nitrogen and oxygen atoms in total. The summed E-state index contributed by atoms with van der Waals surface area (Å²) < 4.78 is 27.0. The van der Waals surface area contributed by atoms with Crippen LogP contribution in [-0.2, 0) is 22.4 Å². The van der Waals surface area contributed by atoms with E-state index in [-0.39, 0.29) is 31.0 Å². The molecule has 0 saturated carbocycles. The van der Waals surface area contributed by atoms with Crippen molar-refractivity contribution < 1.29 is 23.8 Å². The van der Waals surface area contributed by atoms with Crippen molar-refractivity contribution in [3.63, 3.8) is 0 Å². The summed E-state index contributed by atoms with van der Waals surface area (Å²) in [6.45, 7) is 4.94. The van der Waals surface area contributed by atoms with E-state index in [2.05, 4.69) is 5.10 Å². The molecule has 1 fully saturated rings. The number of nitrogens with zero attached hydrogens (tertiary/aromatic N) is 3. The van der Waals surface area contributed by atoms with E-state index in [1.807, 2.05) is 13.8 Å². The van der Waals surface area contributed by atoms with Gasteiger partial charge in [0, 0.05) is 45.0 Å². The van der Waals surface area contributed by atoms with Gasteiger partial charge in [-0.15, -0.1) is 0 Å². The van der Waals surface area contributed by atoms with Gasteiger partial charge in [-0.2, -0.15) is 5.10 Å². The van der Waals surface area contributed by atoms with Crippen LogP contribution >= 0.6 is 0 Å². The third-order valence-corrected chi connectivity index (χ3v) is 5.33. The fourth-order valence-electron chi connectivity index (χ4n) is 3.79. The number of alkyl halides is 1. The highest BCUT2D eigenvalue weighted by Crippen LogP contribution is 2.33. The smallest absolute Gasteiger partial charge is 0.272 e. The van der Waals surface area contributed by atoms with Crippen molar-refractivity contribution in [2.24, 2.45) is 0 Å². The highest BCUT2D eigenvalue weighted by Gasteiger charge is 2.38. The molecule has 1 saturated heterocycles. The molecule has 0 spiro atoms. The molecule has 1 aromatic rings. The lowest BCUT2D eigenvalue weighted by Gasteiger charge is -2.35. The lowest BCUT2D eigenvalue weighted by atomic mass is 9.93. The van der Waals surface area contributed by atoms with Gasteiger partial charge in [-0.1, -0.05) is 0 Å². The van der Waals surface area contributed by atoms with Crippen molar-refractivity contribution in [1.82, 2.24) is 14.7 Å². The maximum absolute atomic E-state index is 14.3. The van der Waals surface area contributed by atoms with E-state index in [0.29, 0.717) is 38.4 Å². The molecule has 2 aliphatic rings. The Balaban J connectivity index is 1.89. The van der Waals surface area contributed by atoms with Crippen molar-refractivity contribution in [2.75, 3.05) is 33.4 Å². The molecule has 1 amide bonds. The van der Waals surface area contributed by atoms with Gasteiger partial charge in [-0.05, 0) is 13.8 Å². The summed E-state index contributed by atoms with van der Waals surface area (Å²) in [5.41, 5.74) is 0.712. The zero-order valence-corrected chi connectivity index (χ0v) is 15.7. The van der Waals surface area contributed by atoms with E-state index in [1.165, 1.54) is 0 Å². The number of carbonyl (C=O) groups is 1. The summed E-state index contributed by atoms with van der Waals surface area (Å²) in [4.78, 5) is 14.9. The molecule has 0 radical (unpaired) electrons. The van der Waals surface area contributed by atoms with E-state index < -0.39 is 12.3 Å². The molecule has 3 rings (SSSR count). The Morgan fingerprint density at radius 2 is 2.12 bits per heavy atom. The minimum Gasteiger partial charge on any atom is -0.393 e. The van der Waals surface area contributed by atoms with Crippen molar-refractivity contribution in [3.05, 3.63) is 17.0 Å². The van der Waals surface area contributed by atoms with Crippen molar-refractivity contribution in [3.8, 4) is 0 Å². The second kappa shape index (κ2) is 7.62. The number of halogens is 1. The summed E-state index contributed by atoms with van der Waals surface area (Å²) in [5.74, 6) is -0.129. The topological polar surface area (TPSA) is 76.8 Å². The van der Waals surface area contributed by atoms with E-state index in [0.717, 1.165) is 11.3 Å². The summed E-state index contributed by atoms with van der Waals surface area (Å²) in [6, 6.07) is 0. The lowest BCUT2D eigenvalue weighted by Crippen LogP contribution is -2.47. The minimum absolute atomic E-state index is 0.0124. The van der Waals surface area contributed by atoms with Crippen LogP contribution in [0.25, 0.3) is 0 Å². The number of hydrogen-bond acceptors (Lipinski definition) is 5. The van der Waals surface area contributed by atoms with Gasteiger partial charge >= 0.3 is 0 Å². The molecule has 0 aliphatic carbocycles. The number of likely N-dealkylation sites (tertiary alicyclic amines) is 1. The van der Waals surface area contributed by atoms with Crippen molar-refractivity contribution in [1.29, 1.82) is 0 Å². The zero-order valence-electron chi connectivity index (χ0n) is 15.7. The summed E-state index contributed by atoms with van der Waals surface area (Å²) in [7, 11) is 1.61. The van der Waals surface area contributed by atoms with E-state index in [4.69, 9.17) is 9.47 Å². The first-order valence-corrected chi connectivity index (χ1v) is 9.21. The number of ether oxygens (including phenoxy) is 2. The van der Waals surface area contributed by atoms with Gasteiger partial charge in [0.2, 0.25) is 0 Å². The molecule has 2 atom stereocenters. The Kier molecular flexibility index (Phi) is 5.64. The van der Waals surface area contributed by atoms with Gasteiger partial charge in [-0.3, -0.25) is 9.48 Å². The molecule has 146 valence electrons. The van der Waals surface area contributed by atoms with Gasteiger partial charge in [0.15, 0.2) is 0 Å². The number of fused-ring (bicyclic) bond motifs is 1. The Hall–Kier alpha value is -1.51. The second-order valence-electron chi connectivity index (χ2n) is 7.32. The fraction of sp³-hybridized carbons (Fsp3) is 0.778.